The average molecular weight is 259 g/mol. The second-order valence-electron chi connectivity index (χ2n) is 4.67. The highest BCUT2D eigenvalue weighted by Crippen LogP contribution is 2.16. The van der Waals surface area contributed by atoms with Gasteiger partial charge in [0, 0.05) is 17.8 Å². The molecule has 2 rings (SSSR count). The molecule has 0 amide bonds. The zero-order chi connectivity index (χ0) is 13.5. The Bertz CT molecular complexity index is 481. The van der Waals surface area contributed by atoms with E-state index in [0.717, 1.165) is 42.9 Å². The Labute approximate surface area is 113 Å². The predicted octanol–water partition coefficient (Wildman–Crippen LogP) is 2.33. The maximum Gasteiger partial charge on any atom is 0.0924 e. The molecule has 0 spiro atoms. The fraction of sp³-hybridized carbons (Fsp3) is 0.400. The van der Waals surface area contributed by atoms with Gasteiger partial charge in [-0.2, -0.15) is 5.10 Å². The van der Waals surface area contributed by atoms with Gasteiger partial charge < -0.3 is 10.4 Å². The average Bonchev–Trinajstić information content (AvgIpc) is 2.93. The first-order valence-corrected chi connectivity index (χ1v) is 6.78. The molecule has 1 atom stereocenters. The molecule has 0 saturated heterocycles. The number of hydrogen-bond acceptors (Lipinski definition) is 3. The van der Waals surface area contributed by atoms with Crippen LogP contribution in [0.3, 0.4) is 0 Å². The number of aliphatic hydroxyl groups is 1. The van der Waals surface area contributed by atoms with E-state index in [-0.39, 0.29) is 6.10 Å². The zero-order valence-electron chi connectivity index (χ0n) is 11.3. The van der Waals surface area contributed by atoms with Gasteiger partial charge in [-0.1, -0.05) is 37.3 Å². The summed E-state index contributed by atoms with van der Waals surface area (Å²) >= 11 is 0. The summed E-state index contributed by atoms with van der Waals surface area (Å²) in [5, 5.41) is 20.1. The van der Waals surface area contributed by atoms with Crippen LogP contribution in [0.4, 0.5) is 0 Å². The van der Waals surface area contributed by atoms with Gasteiger partial charge in [-0.25, -0.2) is 0 Å². The fourth-order valence-corrected chi connectivity index (χ4v) is 1.90. The minimum absolute atomic E-state index is 0.200. The molecule has 0 aliphatic carbocycles. The molecule has 4 heteroatoms. The molecule has 0 aliphatic rings. The molecule has 1 heterocycles. The van der Waals surface area contributed by atoms with Gasteiger partial charge in [0.05, 0.1) is 11.8 Å². The summed E-state index contributed by atoms with van der Waals surface area (Å²) in [5.41, 5.74) is 3.14. The molecule has 0 aliphatic heterocycles. The fourth-order valence-electron chi connectivity index (χ4n) is 1.90. The van der Waals surface area contributed by atoms with Gasteiger partial charge in [0.25, 0.3) is 0 Å². The molecule has 0 radical (unpaired) electrons. The number of nitrogens with one attached hydrogen (secondary N) is 2. The summed E-state index contributed by atoms with van der Waals surface area (Å²) in [5.74, 6) is 0. The number of aliphatic hydroxyl groups excluding tert-OH is 1. The summed E-state index contributed by atoms with van der Waals surface area (Å²) < 4.78 is 0. The van der Waals surface area contributed by atoms with Crippen LogP contribution in [0.15, 0.2) is 36.4 Å². The lowest BCUT2D eigenvalue weighted by Crippen LogP contribution is -2.19. The van der Waals surface area contributed by atoms with E-state index in [9.17, 15) is 5.11 Å². The van der Waals surface area contributed by atoms with E-state index in [0.29, 0.717) is 0 Å². The third kappa shape index (κ3) is 4.19. The topological polar surface area (TPSA) is 60.9 Å². The van der Waals surface area contributed by atoms with Gasteiger partial charge in [0.1, 0.15) is 0 Å². The molecule has 102 valence electrons. The molecule has 19 heavy (non-hydrogen) atoms. The smallest absolute Gasteiger partial charge is 0.0924 e. The van der Waals surface area contributed by atoms with E-state index < -0.39 is 0 Å². The predicted molar refractivity (Wildman–Crippen MR) is 76.6 cm³/mol. The second-order valence-corrected chi connectivity index (χ2v) is 4.67. The minimum Gasteiger partial charge on any atom is -0.393 e. The quantitative estimate of drug-likeness (QED) is 0.669. The molecule has 4 nitrogen and oxygen atoms in total. The molecule has 3 N–H and O–H groups in total. The van der Waals surface area contributed by atoms with Gasteiger partial charge in [-0.3, -0.25) is 5.10 Å². The van der Waals surface area contributed by atoms with Crippen molar-refractivity contribution in [3.63, 3.8) is 0 Å². The third-order valence-corrected chi connectivity index (χ3v) is 3.14. The van der Waals surface area contributed by atoms with Crippen molar-refractivity contribution >= 4 is 0 Å². The molecule has 0 fully saturated rings. The van der Waals surface area contributed by atoms with Crippen molar-refractivity contribution in [2.75, 3.05) is 6.54 Å². The van der Waals surface area contributed by atoms with Crippen LogP contribution in [0.5, 0.6) is 0 Å². The molecule has 1 aromatic carbocycles. The summed E-state index contributed by atoms with van der Waals surface area (Å²) in [6, 6.07) is 12.2. The van der Waals surface area contributed by atoms with Crippen molar-refractivity contribution in [3.05, 3.63) is 42.1 Å². The lowest BCUT2D eigenvalue weighted by molar-refractivity contribution is 0.159. The van der Waals surface area contributed by atoms with Crippen LogP contribution in [0.2, 0.25) is 0 Å². The number of hydrogen-bond donors (Lipinski definition) is 3. The monoisotopic (exact) mass is 259 g/mol. The lowest BCUT2D eigenvalue weighted by Gasteiger charge is -2.07. The Kier molecular flexibility index (Phi) is 5.12. The van der Waals surface area contributed by atoms with E-state index in [4.69, 9.17) is 0 Å². The summed E-state index contributed by atoms with van der Waals surface area (Å²) in [7, 11) is 0. The second kappa shape index (κ2) is 7.07. The Morgan fingerprint density at radius 2 is 2.11 bits per heavy atom. The van der Waals surface area contributed by atoms with Gasteiger partial charge >= 0.3 is 0 Å². The van der Waals surface area contributed by atoms with E-state index in [1.165, 1.54) is 0 Å². The van der Waals surface area contributed by atoms with Gasteiger partial charge in [-0.05, 0) is 25.5 Å². The Morgan fingerprint density at radius 3 is 2.84 bits per heavy atom. The van der Waals surface area contributed by atoms with E-state index in [2.05, 4.69) is 21.6 Å². The summed E-state index contributed by atoms with van der Waals surface area (Å²) in [6.45, 7) is 3.55. The number of rotatable bonds is 7. The number of aromatic amines is 1. The first-order chi connectivity index (χ1) is 9.29. The maximum atomic E-state index is 9.45. The Balaban J connectivity index is 1.82. The molecular formula is C15H21N3O. The Hall–Kier alpha value is -1.65. The summed E-state index contributed by atoms with van der Waals surface area (Å²) in [4.78, 5) is 0. The van der Waals surface area contributed by atoms with Gasteiger partial charge in [0.2, 0.25) is 0 Å². The molecular weight excluding hydrogens is 238 g/mol. The third-order valence-electron chi connectivity index (χ3n) is 3.14. The highest BCUT2D eigenvalue weighted by Gasteiger charge is 2.04. The van der Waals surface area contributed by atoms with Crippen LogP contribution in [0.25, 0.3) is 11.3 Å². The number of benzene rings is 1. The van der Waals surface area contributed by atoms with E-state index in [1.54, 1.807) is 0 Å². The number of nitrogens with zero attached hydrogens (tertiary/aromatic N) is 1. The molecule has 0 bridgehead atoms. The summed E-state index contributed by atoms with van der Waals surface area (Å²) in [6.07, 6.45) is 1.40. The normalized spacial score (nSPS) is 12.5. The number of aromatic nitrogens is 2. The standard InChI is InChI=1S/C15H21N3O/c1-2-14(19)8-9-16-11-13-10-15(18-17-13)12-6-4-3-5-7-12/h3-7,10,14,16,19H,2,8-9,11H2,1H3,(H,17,18). The highest BCUT2D eigenvalue weighted by molar-refractivity contribution is 5.58. The Morgan fingerprint density at radius 1 is 1.32 bits per heavy atom. The highest BCUT2D eigenvalue weighted by atomic mass is 16.3. The van der Waals surface area contributed by atoms with Crippen molar-refractivity contribution in [2.45, 2.75) is 32.4 Å². The largest absolute Gasteiger partial charge is 0.393 e. The maximum absolute atomic E-state index is 9.45. The van der Waals surface area contributed by atoms with E-state index >= 15 is 0 Å². The molecule has 0 saturated carbocycles. The number of H-pyrrole nitrogens is 1. The van der Waals surface area contributed by atoms with Crippen molar-refractivity contribution in [1.82, 2.24) is 15.5 Å². The van der Waals surface area contributed by atoms with Gasteiger partial charge in [0.15, 0.2) is 0 Å². The molecule has 2 aromatic rings. The minimum atomic E-state index is -0.200. The zero-order valence-corrected chi connectivity index (χ0v) is 11.3. The van der Waals surface area contributed by atoms with Crippen LogP contribution in [-0.2, 0) is 6.54 Å². The first-order valence-electron chi connectivity index (χ1n) is 6.78. The van der Waals surface area contributed by atoms with Crippen molar-refractivity contribution in [1.29, 1.82) is 0 Å². The van der Waals surface area contributed by atoms with Crippen LogP contribution in [-0.4, -0.2) is 28.0 Å². The molecule has 1 aromatic heterocycles. The van der Waals surface area contributed by atoms with Crippen molar-refractivity contribution in [2.24, 2.45) is 0 Å². The van der Waals surface area contributed by atoms with Crippen molar-refractivity contribution in [3.8, 4) is 11.3 Å². The SMILES string of the molecule is CCC(O)CCNCc1cc(-c2ccccc2)n[nH]1. The van der Waals surface area contributed by atoms with Crippen LogP contribution >= 0.6 is 0 Å². The lowest BCUT2D eigenvalue weighted by atomic mass is 10.1. The van der Waals surface area contributed by atoms with E-state index in [1.807, 2.05) is 37.3 Å². The molecule has 1 unspecified atom stereocenters. The van der Waals surface area contributed by atoms with Crippen LogP contribution < -0.4 is 5.32 Å². The first kappa shape index (κ1) is 13.8. The van der Waals surface area contributed by atoms with Crippen LogP contribution in [0, 0.1) is 0 Å². The van der Waals surface area contributed by atoms with Crippen LogP contribution in [0.1, 0.15) is 25.5 Å². The van der Waals surface area contributed by atoms with Gasteiger partial charge in [-0.15, -0.1) is 0 Å². The van der Waals surface area contributed by atoms with Crippen molar-refractivity contribution < 1.29 is 5.11 Å².